The lowest BCUT2D eigenvalue weighted by Crippen LogP contribution is -2.31. The standard InChI is InChI=1S/C13H15FN2O/c1-9(15-10(2)17)7-11-5-6-16-8-12(14)3-4-13(11)16/h3-6,8-9H,7H2,1-2H3,(H,15,17). The van der Waals surface area contributed by atoms with Gasteiger partial charge >= 0.3 is 0 Å². The minimum absolute atomic E-state index is 0.0351. The van der Waals surface area contributed by atoms with Crippen LogP contribution in [-0.4, -0.2) is 16.3 Å². The van der Waals surface area contributed by atoms with E-state index in [0.29, 0.717) is 0 Å². The predicted molar refractivity (Wildman–Crippen MR) is 64.3 cm³/mol. The van der Waals surface area contributed by atoms with Crippen molar-refractivity contribution in [1.82, 2.24) is 9.72 Å². The summed E-state index contributed by atoms with van der Waals surface area (Å²) in [6, 6.07) is 5.23. The number of amides is 1. The number of hydrogen-bond acceptors (Lipinski definition) is 1. The molecule has 2 aromatic rings. The highest BCUT2D eigenvalue weighted by Crippen LogP contribution is 2.15. The molecule has 0 aromatic carbocycles. The summed E-state index contributed by atoms with van der Waals surface area (Å²) < 4.78 is 14.8. The molecule has 2 heterocycles. The Labute approximate surface area is 99.3 Å². The highest BCUT2D eigenvalue weighted by molar-refractivity contribution is 5.73. The van der Waals surface area contributed by atoms with Gasteiger partial charge in [-0.1, -0.05) is 0 Å². The van der Waals surface area contributed by atoms with Crippen molar-refractivity contribution in [2.45, 2.75) is 26.3 Å². The molecule has 0 spiro atoms. The van der Waals surface area contributed by atoms with Gasteiger partial charge in [0.15, 0.2) is 0 Å². The Morgan fingerprint density at radius 1 is 1.47 bits per heavy atom. The van der Waals surface area contributed by atoms with Gasteiger partial charge in [0.2, 0.25) is 5.91 Å². The number of hydrogen-bond donors (Lipinski definition) is 1. The Balaban J connectivity index is 2.22. The zero-order valence-electron chi connectivity index (χ0n) is 9.90. The summed E-state index contributed by atoms with van der Waals surface area (Å²) >= 11 is 0. The lowest BCUT2D eigenvalue weighted by molar-refractivity contribution is -0.119. The highest BCUT2D eigenvalue weighted by Gasteiger charge is 2.08. The van der Waals surface area contributed by atoms with Gasteiger partial charge in [-0.3, -0.25) is 4.79 Å². The van der Waals surface area contributed by atoms with Crippen molar-refractivity contribution in [1.29, 1.82) is 0 Å². The molecule has 0 fully saturated rings. The number of nitrogens with zero attached hydrogens (tertiary/aromatic N) is 1. The number of halogens is 1. The summed E-state index contributed by atoms with van der Waals surface area (Å²) in [5.74, 6) is -0.290. The topological polar surface area (TPSA) is 33.5 Å². The van der Waals surface area contributed by atoms with E-state index in [-0.39, 0.29) is 17.8 Å². The van der Waals surface area contributed by atoms with E-state index < -0.39 is 0 Å². The first-order valence-corrected chi connectivity index (χ1v) is 5.58. The van der Waals surface area contributed by atoms with Gasteiger partial charge in [0.1, 0.15) is 5.82 Å². The summed E-state index contributed by atoms with van der Waals surface area (Å²) in [7, 11) is 0. The third-order valence-electron chi connectivity index (χ3n) is 2.68. The van der Waals surface area contributed by atoms with E-state index in [2.05, 4.69) is 5.32 Å². The maximum Gasteiger partial charge on any atom is 0.217 e. The molecule has 2 aromatic heterocycles. The van der Waals surface area contributed by atoms with Gasteiger partial charge in [0.25, 0.3) is 0 Å². The van der Waals surface area contributed by atoms with Gasteiger partial charge in [0, 0.05) is 30.9 Å². The number of carbonyl (C=O) groups excluding carboxylic acids is 1. The van der Waals surface area contributed by atoms with Crippen LogP contribution in [0.1, 0.15) is 19.4 Å². The maximum absolute atomic E-state index is 13.0. The van der Waals surface area contributed by atoms with Crippen molar-refractivity contribution in [3.05, 3.63) is 42.0 Å². The van der Waals surface area contributed by atoms with Crippen LogP contribution in [0.2, 0.25) is 0 Å². The van der Waals surface area contributed by atoms with Crippen LogP contribution in [0.5, 0.6) is 0 Å². The summed E-state index contributed by atoms with van der Waals surface area (Å²) in [4.78, 5) is 10.9. The van der Waals surface area contributed by atoms with E-state index in [1.165, 1.54) is 19.2 Å². The van der Waals surface area contributed by atoms with E-state index in [0.717, 1.165) is 17.5 Å². The molecule has 0 aliphatic heterocycles. The number of rotatable bonds is 3. The molecule has 1 atom stereocenters. The fourth-order valence-electron chi connectivity index (χ4n) is 2.04. The van der Waals surface area contributed by atoms with Crippen LogP contribution in [0.25, 0.3) is 5.52 Å². The average Bonchev–Trinajstić information content (AvgIpc) is 2.59. The molecule has 0 saturated heterocycles. The van der Waals surface area contributed by atoms with Crippen molar-refractivity contribution in [3.8, 4) is 0 Å². The van der Waals surface area contributed by atoms with E-state index in [1.54, 1.807) is 10.5 Å². The fourth-order valence-corrected chi connectivity index (χ4v) is 2.04. The number of fused-ring (bicyclic) bond motifs is 1. The first-order valence-electron chi connectivity index (χ1n) is 5.58. The molecule has 4 heteroatoms. The summed E-state index contributed by atoms with van der Waals surface area (Å²) in [5, 5.41) is 2.83. The van der Waals surface area contributed by atoms with Gasteiger partial charge in [-0.05, 0) is 37.1 Å². The van der Waals surface area contributed by atoms with Crippen LogP contribution in [0, 0.1) is 5.82 Å². The molecule has 0 aliphatic rings. The van der Waals surface area contributed by atoms with Gasteiger partial charge in [-0.25, -0.2) is 4.39 Å². The second kappa shape index (κ2) is 4.57. The first kappa shape index (κ1) is 11.6. The Bertz CT molecular complexity index is 547. The van der Waals surface area contributed by atoms with Crippen LogP contribution in [0.15, 0.2) is 30.6 Å². The second-order valence-corrected chi connectivity index (χ2v) is 4.29. The van der Waals surface area contributed by atoms with Crippen molar-refractivity contribution in [2.24, 2.45) is 0 Å². The molecule has 1 amide bonds. The molecular formula is C13H15FN2O. The Morgan fingerprint density at radius 2 is 2.24 bits per heavy atom. The quantitative estimate of drug-likeness (QED) is 0.867. The van der Waals surface area contributed by atoms with Crippen LogP contribution >= 0.6 is 0 Å². The minimum atomic E-state index is -0.255. The molecule has 17 heavy (non-hydrogen) atoms. The van der Waals surface area contributed by atoms with Crippen LogP contribution < -0.4 is 5.32 Å². The molecule has 1 N–H and O–H groups in total. The maximum atomic E-state index is 13.0. The van der Waals surface area contributed by atoms with E-state index in [1.807, 2.05) is 19.2 Å². The molecule has 90 valence electrons. The zero-order chi connectivity index (χ0) is 12.4. The van der Waals surface area contributed by atoms with Crippen LogP contribution in [-0.2, 0) is 11.2 Å². The Hall–Kier alpha value is -1.84. The van der Waals surface area contributed by atoms with E-state index in [9.17, 15) is 9.18 Å². The van der Waals surface area contributed by atoms with E-state index in [4.69, 9.17) is 0 Å². The van der Waals surface area contributed by atoms with Gasteiger partial charge in [0.05, 0.1) is 0 Å². The summed E-state index contributed by atoms with van der Waals surface area (Å²) in [5.41, 5.74) is 2.08. The second-order valence-electron chi connectivity index (χ2n) is 4.29. The van der Waals surface area contributed by atoms with Crippen LogP contribution in [0.3, 0.4) is 0 Å². The monoisotopic (exact) mass is 234 g/mol. The Morgan fingerprint density at radius 3 is 2.94 bits per heavy atom. The number of pyridine rings is 1. The molecule has 0 aliphatic carbocycles. The Kier molecular flexibility index (Phi) is 3.13. The smallest absolute Gasteiger partial charge is 0.217 e. The molecular weight excluding hydrogens is 219 g/mol. The first-order chi connectivity index (χ1) is 8.06. The molecule has 1 unspecified atom stereocenters. The van der Waals surface area contributed by atoms with Gasteiger partial charge in [-0.2, -0.15) is 0 Å². The number of aromatic nitrogens is 1. The lowest BCUT2D eigenvalue weighted by Gasteiger charge is -2.11. The molecule has 3 nitrogen and oxygen atoms in total. The van der Waals surface area contributed by atoms with Crippen LogP contribution in [0.4, 0.5) is 4.39 Å². The van der Waals surface area contributed by atoms with Gasteiger partial charge < -0.3 is 9.72 Å². The van der Waals surface area contributed by atoms with Crippen molar-refractivity contribution in [2.75, 3.05) is 0 Å². The zero-order valence-corrected chi connectivity index (χ0v) is 9.90. The van der Waals surface area contributed by atoms with E-state index >= 15 is 0 Å². The summed E-state index contributed by atoms with van der Waals surface area (Å²) in [6.45, 7) is 3.46. The molecule has 0 radical (unpaired) electrons. The largest absolute Gasteiger partial charge is 0.354 e. The highest BCUT2D eigenvalue weighted by atomic mass is 19.1. The molecule has 0 saturated carbocycles. The number of carbonyl (C=O) groups is 1. The molecule has 0 bridgehead atoms. The predicted octanol–water partition coefficient (Wildman–Crippen LogP) is 2.15. The number of nitrogens with one attached hydrogen (secondary N) is 1. The summed E-state index contributed by atoms with van der Waals surface area (Å²) in [6.07, 6.45) is 4.01. The average molecular weight is 234 g/mol. The lowest BCUT2D eigenvalue weighted by atomic mass is 10.1. The van der Waals surface area contributed by atoms with Gasteiger partial charge in [-0.15, -0.1) is 0 Å². The van der Waals surface area contributed by atoms with Crippen molar-refractivity contribution in [3.63, 3.8) is 0 Å². The minimum Gasteiger partial charge on any atom is -0.354 e. The molecule has 2 rings (SSSR count). The normalized spacial score (nSPS) is 12.6. The van der Waals surface area contributed by atoms with Crippen molar-refractivity contribution < 1.29 is 9.18 Å². The third-order valence-corrected chi connectivity index (χ3v) is 2.68. The van der Waals surface area contributed by atoms with Crippen molar-refractivity contribution >= 4 is 11.4 Å². The third kappa shape index (κ3) is 2.64. The SMILES string of the molecule is CC(=O)NC(C)Cc1ccn2cc(F)ccc12. The fraction of sp³-hybridized carbons (Fsp3) is 0.308.